The predicted octanol–water partition coefficient (Wildman–Crippen LogP) is 3.44. The van der Waals surface area contributed by atoms with Crippen molar-refractivity contribution in [3.05, 3.63) is 12.7 Å². The molecule has 80 valence electrons. The molecule has 0 aliphatic carbocycles. The van der Waals surface area contributed by atoms with Gasteiger partial charge in [-0.15, -0.1) is 6.58 Å². The zero-order chi connectivity index (χ0) is 10.7. The lowest BCUT2D eigenvalue weighted by Crippen LogP contribution is -2.07. The molecule has 0 rings (SSSR count). The van der Waals surface area contributed by atoms with Crippen molar-refractivity contribution in [3.8, 4) is 0 Å². The molecule has 0 atom stereocenters. The summed E-state index contributed by atoms with van der Waals surface area (Å²) in [6, 6.07) is 0. The Morgan fingerprint density at radius 3 is 1.38 bits per heavy atom. The summed E-state index contributed by atoms with van der Waals surface area (Å²) in [7, 11) is 0. The third-order valence-electron chi connectivity index (χ3n) is 0.886. The van der Waals surface area contributed by atoms with Crippen molar-refractivity contribution >= 4 is 0 Å². The minimum atomic E-state index is 0.548. The molecule has 13 heavy (non-hydrogen) atoms. The van der Waals surface area contributed by atoms with Crippen molar-refractivity contribution in [1.29, 1.82) is 0 Å². The smallest absolute Gasteiger partial charge is 0.0845 e. The molecule has 0 fully saturated rings. The van der Waals surface area contributed by atoms with E-state index in [4.69, 9.17) is 9.78 Å². The molecular formula is C11H24O2. The van der Waals surface area contributed by atoms with E-state index in [0.717, 1.165) is 0 Å². The van der Waals surface area contributed by atoms with E-state index >= 15 is 0 Å². The van der Waals surface area contributed by atoms with Crippen molar-refractivity contribution in [3.63, 3.8) is 0 Å². The Morgan fingerprint density at radius 2 is 1.23 bits per heavy atom. The van der Waals surface area contributed by atoms with Gasteiger partial charge < -0.3 is 0 Å². The van der Waals surface area contributed by atoms with Gasteiger partial charge in [-0.2, -0.15) is 0 Å². The van der Waals surface area contributed by atoms with Crippen LogP contribution in [-0.4, -0.2) is 13.2 Å². The van der Waals surface area contributed by atoms with Gasteiger partial charge in [0.1, 0.15) is 0 Å². The highest BCUT2D eigenvalue weighted by Gasteiger charge is 1.96. The zero-order valence-electron chi connectivity index (χ0n) is 9.67. The average Bonchev–Trinajstić information content (AvgIpc) is 1.99. The first-order valence-electron chi connectivity index (χ1n) is 4.86. The molecule has 2 heteroatoms. The molecule has 0 aromatic heterocycles. The highest BCUT2D eigenvalue weighted by molar-refractivity contribution is 4.51. The van der Waals surface area contributed by atoms with E-state index in [1.807, 2.05) is 6.92 Å². The highest BCUT2D eigenvalue weighted by Crippen LogP contribution is 1.96. The standard InChI is InChI=1S/C8H18O2.C3H6/c1-7(2)5-9-10-6-8(3)4;1-3-2/h7-8H,5-6H2,1-4H3;3H,1H2,2H3. The largest absolute Gasteiger partial charge is 0.236 e. The molecule has 2 nitrogen and oxygen atoms in total. The Hall–Kier alpha value is -0.340. The van der Waals surface area contributed by atoms with Gasteiger partial charge in [0.2, 0.25) is 0 Å². The van der Waals surface area contributed by atoms with Crippen molar-refractivity contribution in [2.45, 2.75) is 34.6 Å². The van der Waals surface area contributed by atoms with Gasteiger partial charge in [-0.1, -0.05) is 33.8 Å². The summed E-state index contributed by atoms with van der Waals surface area (Å²) < 4.78 is 0. The highest BCUT2D eigenvalue weighted by atomic mass is 17.2. The van der Waals surface area contributed by atoms with Gasteiger partial charge in [-0.05, 0) is 18.8 Å². The predicted molar refractivity (Wildman–Crippen MR) is 57.5 cm³/mol. The van der Waals surface area contributed by atoms with Crippen molar-refractivity contribution in [2.75, 3.05) is 13.2 Å². The third kappa shape index (κ3) is 24.5. The normalized spacial score (nSPS) is 9.77. The molecule has 0 unspecified atom stereocenters. The molecule has 0 aliphatic heterocycles. The van der Waals surface area contributed by atoms with Crippen LogP contribution in [0.5, 0.6) is 0 Å². The van der Waals surface area contributed by atoms with Crippen LogP contribution in [0, 0.1) is 11.8 Å². The second kappa shape index (κ2) is 11.7. The topological polar surface area (TPSA) is 18.5 Å². The van der Waals surface area contributed by atoms with Gasteiger partial charge in [-0.3, -0.25) is 0 Å². The van der Waals surface area contributed by atoms with E-state index in [0.29, 0.717) is 25.0 Å². The Bertz CT molecular complexity index is 88.3. The van der Waals surface area contributed by atoms with Crippen molar-refractivity contribution in [1.82, 2.24) is 0 Å². The van der Waals surface area contributed by atoms with Crippen molar-refractivity contribution < 1.29 is 9.78 Å². The number of allylic oxidation sites excluding steroid dienone is 1. The molecule has 0 spiro atoms. The maximum absolute atomic E-state index is 4.91. The van der Waals surface area contributed by atoms with E-state index in [1.165, 1.54) is 0 Å². The van der Waals surface area contributed by atoms with Crippen LogP contribution in [0.4, 0.5) is 0 Å². The van der Waals surface area contributed by atoms with E-state index in [-0.39, 0.29) is 0 Å². The fourth-order valence-electron chi connectivity index (χ4n) is 0.368. The molecule has 0 N–H and O–H groups in total. The minimum Gasteiger partial charge on any atom is -0.236 e. The molecule has 0 saturated heterocycles. The van der Waals surface area contributed by atoms with Crippen molar-refractivity contribution in [2.24, 2.45) is 11.8 Å². The van der Waals surface area contributed by atoms with E-state index < -0.39 is 0 Å². The summed E-state index contributed by atoms with van der Waals surface area (Å²) in [6.07, 6.45) is 1.75. The summed E-state index contributed by atoms with van der Waals surface area (Å²) in [5.74, 6) is 1.10. The Kier molecular flexibility index (Phi) is 13.6. The molecular weight excluding hydrogens is 164 g/mol. The van der Waals surface area contributed by atoms with Gasteiger partial charge >= 0.3 is 0 Å². The van der Waals surface area contributed by atoms with Gasteiger partial charge in [0, 0.05) is 0 Å². The van der Waals surface area contributed by atoms with Crippen LogP contribution >= 0.6 is 0 Å². The second-order valence-electron chi connectivity index (χ2n) is 3.76. The molecule has 0 bridgehead atoms. The SMILES string of the molecule is C=CC.CC(C)COOCC(C)C. The van der Waals surface area contributed by atoms with Crippen LogP contribution in [0.15, 0.2) is 12.7 Å². The van der Waals surface area contributed by atoms with Crippen LogP contribution in [0.3, 0.4) is 0 Å². The van der Waals surface area contributed by atoms with Crippen LogP contribution in [-0.2, 0) is 9.78 Å². The van der Waals surface area contributed by atoms with Crippen LogP contribution in [0.2, 0.25) is 0 Å². The maximum Gasteiger partial charge on any atom is 0.0845 e. The lowest BCUT2D eigenvalue weighted by molar-refractivity contribution is -0.304. The summed E-state index contributed by atoms with van der Waals surface area (Å²) in [5.41, 5.74) is 0. The average molecular weight is 188 g/mol. The zero-order valence-corrected chi connectivity index (χ0v) is 9.67. The van der Waals surface area contributed by atoms with Crippen LogP contribution < -0.4 is 0 Å². The fraction of sp³-hybridized carbons (Fsp3) is 0.818. The Labute approximate surface area is 82.9 Å². The number of rotatable bonds is 5. The first kappa shape index (κ1) is 15.1. The summed E-state index contributed by atoms with van der Waals surface area (Å²) in [6.45, 7) is 15.0. The van der Waals surface area contributed by atoms with Gasteiger partial charge in [0.25, 0.3) is 0 Å². The summed E-state index contributed by atoms with van der Waals surface area (Å²) in [4.78, 5) is 9.81. The van der Waals surface area contributed by atoms with Gasteiger partial charge in [0.15, 0.2) is 0 Å². The lowest BCUT2D eigenvalue weighted by atomic mass is 10.2. The molecule has 0 aromatic carbocycles. The molecule has 0 heterocycles. The summed E-state index contributed by atoms with van der Waals surface area (Å²) in [5, 5.41) is 0. The van der Waals surface area contributed by atoms with E-state index in [1.54, 1.807) is 6.08 Å². The molecule has 0 aromatic rings. The third-order valence-corrected chi connectivity index (χ3v) is 0.886. The van der Waals surface area contributed by atoms with E-state index in [9.17, 15) is 0 Å². The molecule has 0 saturated carbocycles. The fourth-order valence-corrected chi connectivity index (χ4v) is 0.368. The lowest BCUT2D eigenvalue weighted by Gasteiger charge is -2.07. The molecule has 0 aliphatic rings. The Morgan fingerprint density at radius 1 is 1.00 bits per heavy atom. The number of hydrogen-bond acceptors (Lipinski definition) is 2. The van der Waals surface area contributed by atoms with E-state index in [2.05, 4.69) is 34.3 Å². The quantitative estimate of drug-likeness (QED) is 0.285. The van der Waals surface area contributed by atoms with Gasteiger partial charge in [0.05, 0.1) is 13.2 Å². The number of hydrogen-bond donors (Lipinski definition) is 0. The maximum atomic E-state index is 4.91. The first-order valence-corrected chi connectivity index (χ1v) is 4.86. The van der Waals surface area contributed by atoms with Crippen LogP contribution in [0.1, 0.15) is 34.6 Å². The Balaban J connectivity index is 0. The van der Waals surface area contributed by atoms with Gasteiger partial charge in [-0.25, -0.2) is 9.78 Å². The second-order valence-corrected chi connectivity index (χ2v) is 3.76. The summed E-state index contributed by atoms with van der Waals surface area (Å²) >= 11 is 0. The molecule has 0 radical (unpaired) electrons. The first-order chi connectivity index (χ1) is 6.04. The molecule has 0 amide bonds. The monoisotopic (exact) mass is 188 g/mol. The minimum absolute atomic E-state index is 0.548. The van der Waals surface area contributed by atoms with Crippen LogP contribution in [0.25, 0.3) is 0 Å².